The van der Waals surface area contributed by atoms with Crippen molar-refractivity contribution in [1.29, 1.82) is 0 Å². The lowest BCUT2D eigenvalue weighted by atomic mass is 9.91. The molecule has 0 aromatic rings. The lowest BCUT2D eigenvalue weighted by Gasteiger charge is -2.28. The summed E-state index contributed by atoms with van der Waals surface area (Å²) in [5.41, 5.74) is -0.739. The quantitative estimate of drug-likeness (QED) is 0.767. The molecule has 0 aromatic heterocycles. The monoisotopic (exact) mass is 301 g/mol. The lowest BCUT2D eigenvalue weighted by molar-refractivity contribution is 0.381. The Labute approximate surface area is 114 Å². The number of halogens is 2. The molecule has 1 aliphatic rings. The van der Waals surface area contributed by atoms with Crippen molar-refractivity contribution in [2.75, 3.05) is 17.5 Å². The van der Waals surface area contributed by atoms with Crippen LogP contribution in [-0.4, -0.2) is 31.5 Å². The number of sulfonamides is 1. The topological polar surface area (TPSA) is 46.2 Å². The number of alkyl halides is 2. The molecule has 17 heavy (non-hydrogen) atoms. The maximum atomic E-state index is 12.0. The molecule has 0 bridgehead atoms. The zero-order chi connectivity index (χ0) is 12.9. The minimum Gasteiger partial charge on any atom is -0.212 e. The Hall–Kier alpha value is 0.490. The molecule has 0 amide bonds. The molecule has 1 aliphatic carbocycles. The number of nitrogens with one attached hydrogen (secondary N) is 1. The smallest absolute Gasteiger partial charge is 0.212 e. The largest absolute Gasteiger partial charge is 0.212 e. The summed E-state index contributed by atoms with van der Waals surface area (Å²) in [5, 5.41) is 0. The molecule has 3 nitrogen and oxygen atoms in total. The van der Waals surface area contributed by atoms with Gasteiger partial charge in [0.05, 0.1) is 11.3 Å². The van der Waals surface area contributed by atoms with Crippen molar-refractivity contribution < 1.29 is 8.42 Å². The highest BCUT2D eigenvalue weighted by atomic mass is 35.5. The summed E-state index contributed by atoms with van der Waals surface area (Å²) in [6, 6.07) is 0. The van der Waals surface area contributed by atoms with Crippen molar-refractivity contribution in [2.24, 2.45) is 5.92 Å². The van der Waals surface area contributed by atoms with E-state index in [9.17, 15) is 8.42 Å². The third-order valence-corrected chi connectivity index (χ3v) is 6.07. The molecule has 1 N–H and O–H groups in total. The summed E-state index contributed by atoms with van der Waals surface area (Å²) in [6.07, 6.45) is 5.54. The third-order valence-electron chi connectivity index (χ3n) is 3.17. The van der Waals surface area contributed by atoms with Gasteiger partial charge in [0.15, 0.2) is 0 Å². The average molecular weight is 302 g/mol. The van der Waals surface area contributed by atoms with Gasteiger partial charge in [0.2, 0.25) is 10.0 Å². The van der Waals surface area contributed by atoms with Gasteiger partial charge in [-0.2, -0.15) is 0 Å². The predicted octanol–water partition coefficient (Wildman–Crippen LogP) is 2.72. The molecule has 0 saturated heterocycles. The molecule has 0 unspecified atom stereocenters. The molecule has 1 rings (SSSR count). The number of hydrogen-bond donors (Lipinski definition) is 1. The fourth-order valence-electron chi connectivity index (χ4n) is 2.17. The average Bonchev–Trinajstić information content (AvgIpc) is 2.29. The Bertz CT molecular complexity index is 322. The molecule has 0 radical (unpaired) electrons. The van der Waals surface area contributed by atoms with Crippen LogP contribution in [0.4, 0.5) is 0 Å². The van der Waals surface area contributed by atoms with Crippen LogP contribution >= 0.6 is 23.2 Å². The van der Waals surface area contributed by atoms with Crippen molar-refractivity contribution >= 4 is 33.2 Å². The Morgan fingerprint density at radius 1 is 1.18 bits per heavy atom. The van der Waals surface area contributed by atoms with Crippen molar-refractivity contribution in [1.82, 2.24) is 4.72 Å². The Kier molecular flexibility index (Phi) is 6.03. The maximum absolute atomic E-state index is 12.0. The van der Waals surface area contributed by atoms with E-state index in [1.807, 2.05) is 0 Å². The first-order valence-electron chi connectivity index (χ1n) is 6.04. The number of hydrogen-bond acceptors (Lipinski definition) is 2. The Balaban J connectivity index is 2.55. The normalized spacial score (nSPS) is 19.5. The van der Waals surface area contributed by atoms with Crippen LogP contribution in [0.5, 0.6) is 0 Å². The summed E-state index contributed by atoms with van der Waals surface area (Å²) in [5.74, 6) is 0.855. The summed E-state index contributed by atoms with van der Waals surface area (Å²) >= 11 is 11.5. The lowest BCUT2D eigenvalue weighted by Crippen LogP contribution is -2.50. The minimum atomic E-state index is -3.28. The van der Waals surface area contributed by atoms with Gasteiger partial charge >= 0.3 is 0 Å². The van der Waals surface area contributed by atoms with Crippen molar-refractivity contribution in [3.05, 3.63) is 0 Å². The zero-order valence-electron chi connectivity index (χ0n) is 10.2. The standard InChI is InChI=1S/C11H21Cl2NO2S/c1-11(8-12,9-13)14-17(15,16)7-10-5-3-2-4-6-10/h10,14H,2-9H2,1H3. The van der Waals surface area contributed by atoms with Crippen LogP contribution in [0.3, 0.4) is 0 Å². The van der Waals surface area contributed by atoms with E-state index in [1.54, 1.807) is 6.92 Å². The molecule has 0 heterocycles. The summed E-state index contributed by atoms with van der Waals surface area (Å²) in [4.78, 5) is 0. The molecule has 102 valence electrons. The first-order chi connectivity index (χ1) is 7.91. The molecule has 0 atom stereocenters. The van der Waals surface area contributed by atoms with Crippen LogP contribution in [0.1, 0.15) is 39.0 Å². The van der Waals surface area contributed by atoms with Gasteiger partial charge in [-0.15, -0.1) is 23.2 Å². The molecular formula is C11H21Cl2NO2S. The van der Waals surface area contributed by atoms with E-state index in [4.69, 9.17) is 23.2 Å². The van der Waals surface area contributed by atoms with Crippen LogP contribution in [0, 0.1) is 5.92 Å². The second-order valence-corrected chi connectivity index (χ2v) is 7.52. The third kappa shape index (κ3) is 5.33. The SMILES string of the molecule is CC(CCl)(CCl)NS(=O)(=O)CC1CCCCC1. The highest BCUT2D eigenvalue weighted by Gasteiger charge is 2.30. The first kappa shape index (κ1) is 15.5. The molecule has 0 spiro atoms. The van der Waals surface area contributed by atoms with Gasteiger partial charge in [0.1, 0.15) is 0 Å². The van der Waals surface area contributed by atoms with E-state index in [1.165, 1.54) is 6.42 Å². The van der Waals surface area contributed by atoms with Crippen LogP contribution in [0.25, 0.3) is 0 Å². The van der Waals surface area contributed by atoms with Gasteiger partial charge in [0.25, 0.3) is 0 Å². The predicted molar refractivity (Wildman–Crippen MR) is 73.3 cm³/mol. The summed E-state index contributed by atoms with van der Waals surface area (Å²) in [7, 11) is -3.28. The fraction of sp³-hybridized carbons (Fsp3) is 1.00. The second-order valence-electron chi connectivity index (χ2n) is 5.22. The van der Waals surface area contributed by atoms with Gasteiger partial charge in [-0.3, -0.25) is 0 Å². The molecular weight excluding hydrogens is 281 g/mol. The molecule has 1 saturated carbocycles. The van der Waals surface area contributed by atoms with Crippen molar-refractivity contribution in [3.8, 4) is 0 Å². The summed E-state index contributed by atoms with van der Waals surface area (Å²) in [6.45, 7) is 1.73. The van der Waals surface area contributed by atoms with E-state index < -0.39 is 15.6 Å². The van der Waals surface area contributed by atoms with Gasteiger partial charge in [-0.25, -0.2) is 13.1 Å². The van der Waals surface area contributed by atoms with Gasteiger partial charge in [-0.05, 0) is 25.7 Å². The van der Waals surface area contributed by atoms with Gasteiger partial charge < -0.3 is 0 Å². The van der Waals surface area contributed by atoms with Crippen molar-refractivity contribution in [3.63, 3.8) is 0 Å². The summed E-state index contributed by atoms with van der Waals surface area (Å²) < 4.78 is 26.6. The van der Waals surface area contributed by atoms with E-state index in [0.29, 0.717) is 0 Å². The van der Waals surface area contributed by atoms with Crippen LogP contribution < -0.4 is 4.72 Å². The molecule has 0 aliphatic heterocycles. The highest BCUT2D eigenvalue weighted by molar-refractivity contribution is 7.89. The van der Waals surface area contributed by atoms with Gasteiger partial charge in [0, 0.05) is 11.8 Å². The fourth-order valence-corrected chi connectivity index (χ4v) is 4.68. The maximum Gasteiger partial charge on any atom is 0.212 e. The second kappa shape index (κ2) is 6.60. The molecule has 6 heteroatoms. The molecule has 0 aromatic carbocycles. The van der Waals surface area contributed by atoms with Crippen LogP contribution in [-0.2, 0) is 10.0 Å². The number of rotatable bonds is 6. The van der Waals surface area contributed by atoms with E-state index in [0.717, 1.165) is 25.7 Å². The van der Waals surface area contributed by atoms with E-state index in [2.05, 4.69) is 4.72 Å². The zero-order valence-corrected chi connectivity index (χ0v) is 12.5. The van der Waals surface area contributed by atoms with Crippen LogP contribution in [0.2, 0.25) is 0 Å². The van der Waals surface area contributed by atoms with Crippen LogP contribution in [0.15, 0.2) is 0 Å². The van der Waals surface area contributed by atoms with E-state index >= 15 is 0 Å². The Morgan fingerprint density at radius 2 is 1.71 bits per heavy atom. The minimum absolute atomic E-state index is 0.181. The Morgan fingerprint density at radius 3 is 2.18 bits per heavy atom. The van der Waals surface area contributed by atoms with Gasteiger partial charge in [-0.1, -0.05) is 19.3 Å². The molecule has 1 fully saturated rings. The van der Waals surface area contributed by atoms with Crippen molar-refractivity contribution in [2.45, 2.75) is 44.6 Å². The van der Waals surface area contributed by atoms with E-state index in [-0.39, 0.29) is 23.4 Å². The first-order valence-corrected chi connectivity index (χ1v) is 8.76. The highest BCUT2D eigenvalue weighted by Crippen LogP contribution is 2.25.